The summed E-state index contributed by atoms with van der Waals surface area (Å²) in [5.74, 6) is 1.27. The molecule has 3 heterocycles. The smallest absolute Gasteiger partial charge is 0.326 e. The van der Waals surface area contributed by atoms with E-state index in [2.05, 4.69) is 51.2 Å². The molecule has 1 saturated carbocycles. The molecule has 2 fully saturated rings. The number of anilines is 3. The minimum atomic E-state index is -0.313. The number of hydrogen-bond donors (Lipinski definition) is 2. The van der Waals surface area contributed by atoms with E-state index in [1.54, 1.807) is 0 Å². The normalized spacial score (nSPS) is 19.7. The lowest BCUT2D eigenvalue weighted by Gasteiger charge is -2.28. The van der Waals surface area contributed by atoms with Crippen molar-refractivity contribution < 1.29 is 14.6 Å². The first-order chi connectivity index (χ1) is 19.7. The highest BCUT2D eigenvalue weighted by molar-refractivity contribution is 5.89. The van der Waals surface area contributed by atoms with Gasteiger partial charge in [-0.1, -0.05) is 36.4 Å². The number of morpholine rings is 1. The Morgan fingerprint density at radius 2 is 1.75 bits per heavy atom. The zero-order valence-electron chi connectivity index (χ0n) is 22.2. The first-order valence-electron chi connectivity index (χ1n) is 14.0. The van der Waals surface area contributed by atoms with E-state index in [9.17, 15) is 5.11 Å². The number of imidazole rings is 1. The third-order valence-electron chi connectivity index (χ3n) is 7.87. The Balaban J connectivity index is 1.26. The Morgan fingerprint density at radius 3 is 2.60 bits per heavy atom. The van der Waals surface area contributed by atoms with Gasteiger partial charge in [0.25, 0.3) is 0 Å². The molecule has 0 radical (unpaired) electrons. The van der Waals surface area contributed by atoms with Gasteiger partial charge >= 0.3 is 6.01 Å². The lowest BCUT2D eigenvalue weighted by atomic mass is 9.93. The number of nitrogens with zero attached hydrogens (tertiary/aromatic N) is 5. The number of nitrogens with one attached hydrogen (secondary N) is 1. The maximum atomic E-state index is 10.4. The van der Waals surface area contributed by atoms with Crippen molar-refractivity contribution in [1.29, 1.82) is 0 Å². The predicted octanol–water partition coefficient (Wildman–Crippen LogP) is 5.83. The SMILES string of the molecule is O[C@@H]1CCC[C@H](n2cnc3c(Nc4ccc(N5CCOCC5)cc4)nc(Oc4cccc5ccccc45)nc32)C1. The Morgan fingerprint density at radius 1 is 0.925 bits per heavy atom. The fraction of sp³-hybridized carbons (Fsp3) is 0.323. The molecule has 1 saturated heterocycles. The number of hydrogen-bond acceptors (Lipinski definition) is 8. The molecule has 2 aromatic heterocycles. The van der Waals surface area contributed by atoms with E-state index >= 15 is 0 Å². The highest BCUT2D eigenvalue weighted by Gasteiger charge is 2.25. The molecular weight excluding hydrogens is 504 g/mol. The number of rotatable bonds is 6. The third kappa shape index (κ3) is 4.94. The zero-order chi connectivity index (χ0) is 26.9. The minimum absolute atomic E-state index is 0.120. The van der Waals surface area contributed by atoms with Crippen LogP contribution < -0.4 is 15.0 Å². The van der Waals surface area contributed by atoms with E-state index in [4.69, 9.17) is 24.4 Å². The summed E-state index contributed by atoms with van der Waals surface area (Å²) < 4.78 is 13.9. The molecule has 0 unspecified atom stereocenters. The van der Waals surface area contributed by atoms with Crippen LogP contribution in [0.15, 0.2) is 73.1 Å². The maximum absolute atomic E-state index is 10.4. The fourth-order valence-electron chi connectivity index (χ4n) is 5.78. The molecule has 1 aliphatic carbocycles. The molecule has 9 heteroatoms. The van der Waals surface area contributed by atoms with E-state index in [-0.39, 0.29) is 18.2 Å². The van der Waals surface area contributed by atoms with Crippen molar-refractivity contribution in [2.75, 3.05) is 36.5 Å². The van der Waals surface area contributed by atoms with Gasteiger partial charge in [-0.05, 0) is 61.4 Å². The number of aromatic nitrogens is 4. The average Bonchev–Trinajstić information content (AvgIpc) is 3.43. The third-order valence-corrected chi connectivity index (χ3v) is 7.87. The molecule has 0 bridgehead atoms. The van der Waals surface area contributed by atoms with Gasteiger partial charge in [-0.2, -0.15) is 9.97 Å². The van der Waals surface area contributed by atoms with Crippen LogP contribution in [0.3, 0.4) is 0 Å². The molecule has 9 nitrogen and oxygen atoms in total. The molecule has 1 aliphatic heterocycles. The van der Waals surface area contributed by atoms with Gasteiger partial charge in [0.05, 0.1) is 25.6 Å². The van der Waals surface area contributed by atoms with Crippen LogP contribution in [0.4, 0.5) is 17.2 Å². The van der Waals surface area contributed by atoms with Gasteiger partial charge in [-0.3, -0.25) is 0 Å². The maximum Gasteiger partial charge on any atom is 0.326 e. The summed E-state index contributed by atoms with van der Waals surface area (Å²) in [6.45, 7) is 3.28. The summed E-state index contributed by atoms with van der Waals surface area (Å²) in [7, 11) is 0. The van der Waals surface area contributed by atoms with E-state index in [1.807, 2.05) is 36.7 Å². The second-order valence-corrected chi connectivity index (χ2v) is 10.5. The van der Waals surface area contributed by atoms with Crippen molar-refractivity contribution in [3.05, 3.63) is 73.1 Å². The molecule has 2 atom stereocenters. The Labute approximate surface area is 232 Å². The van der Waals surface area contributed by atoms with Gasteiger partial charge in [0.1, 0.15) is 5.75 Å². The summed E-state index contributed by atoms with van der Waals surface area (Å²) >= 11 is 0. The van der Waals surface area contributed by atoms with Crippen molar-refractivity contribution in [3.8, 4) is 11.8 Å². The van der Waals surface area contributed by atoms with Crippen molar-refractivity contribution in [2.45, 2.75) is 37.8 Å². The van der Waals surface area contributed by atoms with Crippen molar-refractivity contribution in [1.82, 2.24) is 19.5 Å². The number of aliphatic hydroxyl groups is 1. The second kappa shape index (κ2) is 10.7. The quantitative estimate of drug-likeness (QED) is 0.280. The van der Waals surface area contributed by atoms with Crippen LogP contribution in [-0.2, 0) is 4.74 Å². The van der Waals surface area contributed by atoms with Crippen LogP contribution in [0.1, 0.15) is 31.7 Å². The fourth-order valence-corrected chi connectivity index (χ4v) is 5.78. The van der Waals surface area contributed by atoms with Gasteiger partial charge in [0.2, 0.25) is 0 Å². The van der Waals surface area contributed by atoms with Crippen molar-refractivity contribution in [3.63, 3.8) is 0 Å². The Hall–Kier alpha value is -4.21. The zero-order valence-corrected chi connectivity index (χ0v) is 22.2. The summed E-state index contributed by atoms with van der Waals surface area (Å²) in [5.41, 5.74) is 3.43. The summed E-state index contributed by atoms with van der Waals surface area (Å²) in [5, 5.41) is 15.9. The van der Waals surface area contributed by atoms with Gasteiger partial charge in [-0.25, -0.2) is 4.98 Å². The molecule has 7 rings (SSSR count). The number of aliphatic hydroxyl groups excluding tert-OH is 1. The topological polar surface area (TPSA) is 97.6 Å². The van der Waals surface area contributed by atoms with Crippen LogP contribution in [0.5, 0.6) is 11.8 Å². The van der Waals surface area contributed by atoms with Crippen LogP contribution >= 0.6 is 0 Å². The Bertz CT molecular complexity index is 1620. The number of fused-ring (bicyclic) bond motifs is 2. The highest BCUT2D eigenvalue weighted by atomic mass is 16.5. The number of benzene rings is 3. The van der Waals surface area contributed by atoms with Gasteiger partial charge in [0.15, 0.2) is 17.0 Å². The molecule has 2 aliphatic rings. The molecule has 0 spiro atoms. The van der Waals surface area contributed by atoms with Crippen molar-refractivity contribution in [2.24, 2.45) is 0 Å². The largest absolute Gasteiger partial charge is 0.424 e. The standard InChI is InChI=1S/C31H32N6O3/c38-25-8-4-7-24(19-25)37-20-32-28-29(33-22-11-13-23(14-12-22)36-15-17-39-18-16-36)34-31(35-30(28)37)40-27-10-3-6-21-5-1-2-9-26(21)27/h1-3,5-6,9-14,20,24-25,38H,4,7-8,15-19H2,(H,33,34,35)/t24-,25+/m0/s1. The predicted molar refractivity (Wildman–Crippen MR) is 156 cm³/mol. The first-order valence-corrected chi connectivity index (χ1v) is 14.0. The molecule has 204 valence electrons. The molecule has 2 N–H and O–H groups in total. The highest BCUT2D eigenvalue weighted by Crippen LogP contribution is 2.35. The molecule has 0 amide bonds. The second-order valence-electron chi connectivity index (χ2n) is 10.5. The van der Waals surface area contributed by atoms with Crippen LogP contribution in [0, 0.1) is 0 Å². The van der Waals surface area contributed by atoms with Crippen LogP contribution in [0.25, 0.3) is 21.9 Å². The summed E-state index contributed by atoms with van der Waals surface area (Å²) in [6, 6.07) is 22.8. The van der Waals surface area contributed by atoms with E-state index in [1.165, 1.54) is 5.69 Å². The summed E-state index contributed by atoms with van der Waals surface area (Å²) in [6.07, 6.45) is 4.96. The van der Waals surface area contributed by atoms with Crippen molar-refractivity contribution >= 4 is 39.1 Å². The van der Waals surface area contributed by atoms with Crippen LogP contribution in [0.2, 0.25) is 0 Å². The lowest BCUT2D eigenvalue weighted by Crippen LogP contribution is -2.36. The molecule has 5 aromatic rings. The molecule has 40 heavy (non-hydrogen) atoms. The Kier molecular flexibility index (Phi) is 6.67. The van der Waals surface area contributed by atoms with Gasteiger partial charge < -0.3 is 29.4 Å². The average molecular weight is 537 g/mol. The molecule has 3 aromatic carbocycles. The van der Waals surface area contributed by atoms with Crippen LogP contribution in [-0.4, -0.2) is 57.0 Å². The lowest BCUT2D eigenvalue weighted by molar-refractivity contribution is 0.105. The van der Waals surface area contributed by atoms with E-state index in [0.717, 1.165) is 62.0 Å². The van der Waals surface area contributed by atoms with Gasteiger partial charge in [-0.15, -0.1) is 0 Å². The van der Waals surface area contributed by atoms with Gasteiger partial charge in [0, 0.05) is 35.9 Å². The van der Waals surface area contributed by atoms with E-state index in [0.29, 0.717) is 29.2 Å². The molecular formula is C31H32N6O3. The summed E-state index contributed by atoms with van der Waals surface area (Å²) in [4.78, 5) is 16.7. The van der Waals surface area contributed by atoms with E-state index < -0.39 is 0 Å². The minimum Gasteiger partial charge on any atom is -0.424 e. The first kappa shape index (κ1) is 24.8. The number of ether oxygens (including phenoxy) is 2. The monoisotopic (exact) mass is 536 g/mol.